The Balaban J connectivity index is 3.38. The molecule has 5 heteroatoms. The zero-order chi connectivity index (χ0) is 13.8. The Morgan fingerprint density at radius 2 is 1.28 bits per heavy atom. The third-order valence-corrected chi connectivity index (χ3v) is 1.65. The van der Waals surface area contributed by atoms with Gasteiger partial charge in [0.2, 0.25) is 0 Å². The summed E-state index contributed by atoms with van der Waals surface area (Å²) in [6.07, 6.45) is 3.35. The van der Waals surface area contributed by atoms with E-state index in [4.69, 9.17) is 9.47 Å². The van der Waals surface area contributed by atoms with Crippen molar-refractivity contribution in [3.63, 3.8) is 0 Å². The topological polar surface area (TPSA) is 59.6 Å². The van der Waals surface area contributed by atoms with Crippen LogP contribution in [0.5, 0.6) is 0 Å². The molecule has 18 heavy (non-hydrogen) atoms. The highest BCUT2D eigenvalue weighted by atomic mass is 16.5. The van der Waals surface area contributed by atoms with Crippen LogP contribution >= 0.6 is 0 Å². The van der Waals surface area contributed by atoms with Crippen molar-refractivity contribution < 1.29 is 14.3 Å². The zero-order valence-corrected chi connectivity index (χ0v) is 11.7. The Morgan fingerprint density at radius 1 is 0.889 bits per heavy atom. The van der Waals surface area contributed by atoms with Crippen LogP contribution in [0, 0.1) is 0 Å². The van der Waals surface area contributed by atoms with Crippen LogP contribution in [-0.2, 0) is 9.47 Å². The van der Waals surface area contributed by atoms with Crippen LogP contribution in [0.15, 0.2) is 23.7 Å². The summed E-state index contributed by atoms with van der Waals surface area (Å²) >= 11 is 0. The number of carbonyl (C=O) groups excluding carboxylic acids is 1. The summed E-state index contributed by atoms with van der Waals surface area (Å²) in [5.74, 6) is 0. The van der Waals surface area contributed by atoms with Gasteiger partial charge >= 0.3 is 6.03 Å². The van der Waals surface area contributed by atoms with E-state index in [0.29, 0.717) is 26.3 Å². The summed E-state index contributed by atoms with van der Waals surface area (Å²) in [6.45, 7) is 9.69. The SMILES string of the molecule is CC(C)=COCCNC(=O)NCCOC=C(C)C. The van der Waals surface area contributed by atoms with Gasteiger partial charge in [-0.25, -0.2) is 4.79 Å². The van der Waals surface area contributed by atoms with E-state index in [9.17, 15) is 4.79 Å². The van der Waals surface area contributed by atoms with Gasteiger partial charge in [0.15, 0.2) is 0 Å². The molecule has 0 spiro atoms. The molecule has 0 fully saturated rings. The van der Waals surface area contributed by atoms with Gasteiger partial charge in [0.25, 0.3) is 0 Å². The molecule has 0 unspecified atom stereocenters. The molecule has 0 bridgehead atoms. The van der Waals surface area contributed by atoms with E-state index in [1.807, 2.05) is 27.7 Å². The molecule has 0 radical (unpaired) electrons. The predicted octanol–water partition coefficient (Wildman–Crippen LogP) is 2.17. The lowest BCUT2D eigenvalue weighted by atomic mass is 10.4. The van der Waals surface area contributed by atoms with Gasteiger partial charge in [0.1, 0.15) is 13.2 Å². The van der Waals surface area contributed by atoms with Crippen molar-refractivity contribution in [2.45, 2.75) is 27.7 Å². The second-order valence-electron chi connectivity index (χ2n) is 4.31. The first kappa shape index (κ1) is 16.4. The van der Waals surface area contributed by atoms with E-state index in [0.717, 1.165) is 11.1 Å². The lowest BCUT2D eigenvalue weighted by Gasteiger charge is -2.07. The summed E-state index contributed by atoms with van der Waals surface area (Å²) in [5.41, 5.74) is 2.19. The fourth-order valence-corrected chi connectivity index (χ4v) is 0.961. The summed E-state index contributed by atoms with van der Waals surface area (Å²) in [6, 6.07) is -0.211. The number of ether oxygens (including phenoxy) is 2. The van der Waals surface area contributed by atoms with E-state index < -0.39 is 0 Å². The van der Waals surface area contributed by atoms with Gasteiger partial charge in [-0.1, -0.05) is 0 Å². The minimum absolute atomic E-state index is 0.211. The normalized spacial score (nSPS) is 9.11. The second kappa shape index (κ2) is 10.5. The number of rotatable bonds is 8. The first-order chi connectivity index (χ1) is 8.52. The maximum atomic E-state index is 11.3. The highest BCUT2D eigenvalue weighted by Gasteiger charge is 1.97. The predicted molar refractivity (Wildman–Crippen MR) is 72.2 cm³/mol. The number of urea groups is 1. The van der Waals surface area contributed by atoms with Crippen molar-refractivity contribution in [2.75, 3.05) is 26.3 Å². The summed E-state index contributed by atoms with van der Waals surface area (Å²) in [4.78, 5) is 11.3. The largest absolute Gasteiger partial charge is 0.499 e. The molecule has 0 rings (SSSR count). The van der Waals surface area contributed by atoms with Crippen molar-refractivity contribution in [3.05, 3.63) is 23.7 Å². The molecule has 0 saturated heterocycles. The van der Waals surface area contributed by atoms with E-state index in [1.54, 1.807) is 12.5 Å². The molecule has 0 saturated carbocycles. The maximum absolute atomic E-state index is 11.3. The molecule has 2 N–H and O–H groups in total. The molecule has 0 aromatic rings. The van der Waals surface area contributed by atoms with Crippen LogP contribution in [-0.4, -0.2) is 32.3 Å². The molecule has 0 atom stereocenters. The fourth-order valence-electron chi connectivity index (χ4n) is 0.961. The number of amides is 2. The molecule has 0 aliphatic rings. The van der Waals surface area contributed by atoms with Crippen molar-refractivity contribution >= 4 is 6.03 Å². The third-order valence-electron chi connectivity index (χ3n) is 1.65. The van der Waals surface area contributed by atoms with Crippen LogP contribution in [0.25, 0.3) is 0 Å². The van der Waals surface area contributed by atoms with E-state index >= 15 is 0 Å². The van der Waals surface area contributed by atoms with Gasteiger partial charge < -0.3 is 20.1 Å². The molecule has 104 valence electrons. The average Bonchev–Trinajstić information content (AvgIpc) is 2.27. The molecule has 0 aromatic carbocycles. The third kappa shape index (κ3) is 12.4. The number of hydrogen-bond donors (Lipinski definition) is 2. The average molecular weight is 256 g/mol. The number of hydrogen-bond acceptors (Lipinski definition) is 3. The minimum Gasteiger partial charge on any atom is -0.499 e. The molecule has 0 aromatic heterocycles. The fraction of sp³-hybridized carbons (Fsp3) is 0.615. The highest BCUT2D eigenvalue weighted by Crippen LogP contribution is 1.89. The van der Waals surface area contributed by atoms with Gasteiger partial charge in [0.05, 0.1) is 25.6 Å². The smallest absolute Gasteiger partial charge is 0.315 e. The Labute approximate surface area is 109 Å². The van der Waals surface area contributed by atoms with Gasteiger partial charge in [-0.2, -0.15) is 0 Å². The summed E-state index contributed by atoms with van der Waals surface area (Å²) < 4.78 is 10.4. The van der Waals surface area contributed by atoms with Gasteiger partial charge in [-0.05, 0) is 38.8 Å². The minimum atomic E-state index is -0.211. The van der Waals surface area contributed by atoms with Crippen molar-refractivity contribution in [1.82, 2.24) is 10.6 Å². The zero-order valence-electron chi connectivity index (χ0n) is 11.7. The lowest BCUT2D eigenvalue weighted by molar-refractivity contribution is 0.217. The Morgan fingerprint density at radius 3 is 1.61 bits per heavy atom. The standard InChI is InChI=1S/C13H24N2O3/c1-11(2)9-17-7-5-14-13(16)15-6-8-18-10-12(3)4/h9-10H,5-8H2,1-4H3,(H2,14,15,16). The van der Waals surface area contributed by atoms with Gasteiger partial charge in [0, 0.05) is 0 Å². The number of nitrogens with one attached hydrogen (secondary N) is 2. The monoisotopic (exact) mass is 256 g/mol. The molecule has 5 nitrogen and oxygen atoms in total. The lowest BCUT2D eigenvalue weighted by Crippen LogP contribution is -2.38. The van der Waals surface area contributed by atoms with Crippen LogP contribution in [0.4, 0.5) is 4.79 Å². The number of carbonyl (C=O) groups is 1. The molecule has 0 aliphatic carbocycles. The van der Waals surface area contributed by atoms with E-state index in [1.165, 1.54) is 0 Å². The Hall–Kier alpha value is -1.65. The van der Waals surface area contributed by atoms with E-state index in [2.05, 4.69) is 10.6 Å². The maximum Gasteiger partial charge on any atom is 0.315 e. The first-order valence-electron chi connectivity index (χ1n) is 6.04. The van der Waals surface area contributed by atoms with Gasteiger partial charge in [-0.15, -0.1) is 0 Å². The second-order valence-corrected chi connectivity index (χ2v) is 4.31. The molecule has 2 amide bonds. The van der Waals surface area contributed by atoms with Crippen molar-refractivity contribution in [3.8, 4) is 0 Å². The van der Waals surface area contributed by atoms with Crippen LogP contribution < -0.4 is 10.6 Å². The van der Waals surface area contributed by atoms with Crippen LogP contribution in [0.3, 0.4) is 0 Å². The number of allylic oxidation sites excluding steroid dienone is 2. The molecule has 0 aliphatic heterocycles. The summed E-state index contributed by atoms with van der Waals surface area (Å²) in [7, 11) is 0. The molecular weight excluding hydrogens is 232 g/mol. The van der Waals surface area contributed by atoms with Gasteiger partial charge in [-0.3, -0.25) is 0 Å². The first-order valence-corrected chi connectivity index (χ1v) is 6.04. The van der Waals surface area contributed by atoms with E-state index in [-0.39, 0.29) is 6.03 Å². The van der Waals surface area contributed by atoms with Crippen molar-refractivity contribution in [2.24, 2.45) is 0 Å². The highest BCUT2D eigenvalue weighted by molar-refractivity contribution is 5.73. The Kier molecular flexibility index (Phi) is 9.54. The molecule has 0 heterocycles. The van der Waals surface area contributed by atoms with Crippen LogP contribution in [0.2, 0.25) is 0 Å². The molecular formula is C13H24N2O3. The quantitative estimate of drug-likeness (QED) is 0.517. The van der Waals surface area contributed by atoms with Crippen molar-refractivity contribution in [1.29, 1.82) is 0 Å². The Bertz CT molecular complexity index is 263. The van der Waals surface area contributed by atoms with Crippen LogP contribution in [0.1, 0.15) is 27.7 Å². The summed E-state index contributed by atoms with van der Waals surface area (Å²) in [5, 5.41) is 5.36.